The molecular weight excluding hydrogens is 324 g/mol. The van der Waals surface area contributed by atoms with Gasteiger partial charge in [0.2, 0.25) is 0 Å². The topological polar surface area (TPSA) is 82.1 Å². The molecule has 0 amide bonds. The molecule has 0 aromatic heterocycles. The lowest BCUT2D eigenvalue weighted by Gasteiger charge is -2.18. The van der Waals surface area contributed by atoms with Crippen molar-refractivity contribution in [2.45, 2.75) is 0 Å². The summed E-state index contributed by atoms with van der Waals surface area (Å²) >= 11 is 0. The molecule has 6 nitrogen and oxygen atoms in total. The van der Waals surface area contributed by atoms with E-state index in [9.17, 15) is 9.59 Å². The van der Waals surface area contributed by atoms with Gasteiger partial charge in [0.25, 0.3) is 0 Å². The van der Waals surface area contributed by atoms with Crippen LogP contribution in [0, 0.1) is 0 Å². The van der Waals surface area contributed by atoms with Crippen LogP contribution in [0.1, 0.15) is 15.9 Å². The lowest BCUT2D eigenvalue weighted by Crippen LogP contribution is -2.18. The van der Waals surface area contributed by atoms with Crippen LogP contribution in [0.15, 0.2) is 48.0 Å². The van der Waals surface area contributed by atoms with Crippen molar-refractivity contribution in [3.63, 3.8) is 0 Å². The molecule has 0 spiro atoms. The van der Waals surface area contributed by atoms with Crippen molar-refractivity contribution in [1.29, 1.82) is 0 Å². The van der Waals surface area contributed by atoms with Crippen molar-refractivity contribution in [3.05, 3.63) is 59.2 Å². The van der Waals surface area contributed by atoms with Gasteiger partial charge < -0.3 is 19.3 Å². The molecule has 0 unspecified atom stereocenters. The summed E-state index contributed by atoms with van der Waals surface area (Å²) in [4.78, 5) is 23.2. The van der Waals surface area contributed by atoms with Gasteiger partial charge in [-0.15, -0.1) is 0 Å². The molecule has 2 aromatic carbocycles. The van der Waals surface area contributed by atoms with E-state index in [1.165, 1.54) is 7.11 Å². The van der Waals surface area contributed by atoms with Gasteiger partial charge in [0.1, 0.15) is 12.4 Å². The van der Waals surface area contributed by atoms with Gasteiger partial charge in [0, 0.05) is 5.57 Å². The fourth-order valence-electron chi connectivity index (χ4n) is 2.52. The molecule has 0 radical (unpaired) electrons. The number of fused-ring (bicyclic) bond motifs is 1. The number of carboxylic acids is 1. The maximum atomic E-state index is 12.6. The number of ketones is 1. The predicted molar refractivity (Wildman–Crippen MR) is 90.4 cm³/mol. The molecule has 1 aliphatic heterocycles. The molecule has 3 rings (SSSR count). The van der Waals surface area contributed by atoms with Crippen LogP contribution < -0.4 is 14.2 Å². The predicted octanol–water partition coefficient (Wildman–Crippen LogP) is 2.82. The Bertz CT molecular complexity index is 853. The quantitative estimate of drug-likeness (QED) is 0.843. The van der Waals surface area contributed by atoms with Crippen LogP contribution in [0.2, 0.25) is 0 Å². The highest BCUT2D eigenvalue weighted by Crippen LogP contribution is 2.31. The minimum absolute atomic E-state index is 0.0768. The van der Waals surface area contributed by atoms with Crippen molar-refractivity contribution in [1.82, 2.24) is 0 Å². The van der Waals surface area contributed by atoms with Gasteiger partial charge in [-0.25, -0.2) is 4.79 Å². The minimum Gasteiger partial charge on any atom is -0.493 e. The number of carbonyl (C=O) groups excluding carboxylic acids is 1. The molecule has 1 aliphatic rings. The summed E-state index contributed by atoms with van der Waals surface area (Å²) < 4.78 is 16.0. The number of methoxy groups -OCH3 is 1. The standard InChI is InChI=1S/C19H16O6/c1-23-17-9-12(6-7-16(17)25-11-18(20)21)8-13-10-24-15-5-3-2-4-14(15)19(13)22/h2-9H,10-11H2,1H3,(H,20,21)/b13-8-. The molecule has 0 atom stereocenters. The second kappa shape index (κ2) is 7.09. The highest BCUT2D eigenvalue weighted by atomic mass is 16.5. The molecule has 6 heteroatoms. The van der Waals surface area contributed by atoms with E-state index in [-0.39, 0.29) is 12.4 Å². The Morgan fingerprint density at radius 2 is 2.04 bits per heavy atom. The molecule has 0 saturated heterocycles. The number of Topliss-reactive ketones (excluding diaryl/α,β-unsaturated/α-hetero) is 1. The van der Waals surface area contributed by atoms with E-state index in [4.69, 9.17) is 19.3 Å². The van der Waals surface area contributed by atoms with Crippen LogP contribution in [-0.2, 0) is 4.79 Å². The molecule has 2 aromatic rings. The first-order chi connectivity index (χ1) is 12.1. The Morgan fingerprint density at radius 1 is 1.24 bits per heavy atom. The number of carbonyl (C=O) groups is 2. The first kappa shape index (κ1) is 16.6. The SMILES string of the molecule is COc1cc(/C=C2/COc3ccccc3C2=O)ccc1OCC(=O)O. The molecule has 0 aliphatic carbocycles. The monoisotopic (exact) mass is 340 g/mol. The summed E-state index contributed by atoms with van der Waals surface area (Å²) in [6.45, 7) is -0.269. The first-order valence-electron chi connectivity index (χ1n) is 7.58. The number of rotatable bonds is 5. The molecule has 25 heavy (non-hydrogen) atoms. The van der Waals surface area contributed by atoms with Gasteiger partial charge >= 0.3 is 5.97 Å². The normalized spacial score (nSPS) is 14.6. The number of aliphatic carboxylic acids is 1. The molecule has 0 bridgehead atoms. The number of ether oxygens (including phenoxy) is 3. The summed E-state index contributed by atoms with van der Waals surface area (Å²) in [5.74, 6) is 0.146. The maximum absolute atomic E-state index is 12.6. The molecule has 1 heterocycles. The number of benzene rings is 2. The van der Waals surface area contributed by atoms with Gasteiger partial charge in [0.15, 0.2) is 23.9 Å². The average Bonchev–Trinajstić information content (AvgIpc) is 2.63. The molecule has 0 fully saturated rings. The van der Waals surface area contributed by atoms with Gasteiger partial charge in [0.05, 0.1) is 12.7 Å². The third kappa shape index (κ3) is 3.63. The fraction of sp³-hybridized carbons (Fsp3) is 0.158. The van der Waals surface area contributed by atoms with E-state index in [1.807, 2.05) is 6.07 Å². The lowest BCUT2D eigenvalue weighted by molar-refractivity contribution is -0.139. The largest absolute Gasteiger partial charge is 0.493 e. The highest BCUT2D eigenvalue weighted by Gasteiger charge is 2.22. The third-order valence-electron chi connectivity index (χ3n) is 3.69. The third-order valence-corrected chi connectivity index (χ3v) is 3.69. The van der Waals surface area contributed by atoms with Crippen molar-refractivity contribution in [2.24, 2.45) is 0 Å². The second-order valence-corrected chi connectivity index (χ2v) is 5.38. The van der Waals surface area contributed by atoms with Gasteiger partial charge in [-0.1, -0.05) is 18.2 Å². The zero-order valence-corrected chi connectivity index (χ0v) is 13.5. The zero-order valence-electron chi connectivity index (χ0n) is 13.5. The second-order valence-electron chi connectivity index (χ2n) is 5.38. The van der Waals surface area contributed by atoms with Gasteiger partial charge in [-0.05, 0) is 35.9 Å². The van der Waals surface area contributed by atoms with Crippen LogP contribution in [0.25, 0.3) is 6.08 Å². The number of hydrogen-bond donors (Lipinski definition) is 1. The van der Waals surface area contributed by atoms with Gasteiger partial charge in [-0.3, -0.25) is 4.79 Å². The summed E-state index contributed by atoms with van der Waals surface area (Å²) in [7, 11) is 1.46. The van der Waals surface area contributed by atoms with Crippen molar-refractivity contribution >= 4 is 17.8 Å². The Kier molecular flexibility index (Phi) is 4.70. The summed E-state index contributed by atoms with van der Waals surface area (Å²) in [6.07, 6.45) is 1.72. The number of para-hydroxylation sites is 1. The Labute approximate surface area is 144 Å². The van der Waals surface area contributed by atoms with E-state index in [1.54, 1.807) is 42.5 Å². The van der Waals surface area contributed by atoms with E-state index < -0.39 is 12.6 Å². The van der Waals surface area contributed by atoms with Crippen LogP contribution in [0.4, 0.5) is 0 Å². The lowest BCUT2D eigenvalue weighted by atomic mass is 9.98. The maximum Gasteiger partial charge on any atom is 0.341 e. The Hall–Kier alpha value is -3.28. The molecule has 128 valence electrons. The Morgan fingerprint density at radius 3 is 2.80 bits per heavy atom. The fourth-order valence-corrected chi connectivity index (χ4v) is 2.52. The zero-order chi connectivity index (χ0) is 17.8. The average molecular weight is 340 g/mol. The number of carboxylic acid groups (broad SMARTS) is 1. The van der Waals surface area contributed by atoms with Crippen LogP contribution in [0.3, 0.4) is 0 Å². The number of hydrogen-bond acceptors (Lipinski definition) is 5. The van der Waals surface area contributed by atoms with Crippen LogP contribution in [0.5, 0.6) is 17.2 Å². The summed E-state index contributed by atoms with van der Waals surface area (Å²) in [5.41, 5.74) is 1.79. The van der Waals surface area contributed by atoms with Crippen molar-refractivity contribution in [3.8, 4) is 17.2 Å². The van der Waals surface area contributed by atoms with E-state index in [2.05, 4.69) is 0 Å². The summed E-state index contributed by atoms with van der Waals surface area (Å²) in [5, 5.41) is 8.69. The smallest absolute Gasteiger partial charge is 0.341 e. The van der Waals surface area contributed by atoms with Crippen molar-refractivity contribution in [2.75, 3.05) is 20.3 Å². The Balaban J connectivity index is 1.86. The van der Waals surface area contributed by atoms with Gasteiger partial charge in [-0.2, -0.15) is 0 Å². The molecule has 0 saturated carbocycles. The summed E-state index contributed by atoms with van der Waals surface area (Å²) in [6, 6.07) is 12.1. The first-order valence-corrected chi connectivity index (χ1v) is 7.58. The molecular formula is C19H16O6. The van der Waals surface area contributed by atoms with E-state index in [0.717, 1.165) is 5.56 Å². The van der Waals surface area contributed by atoms with E-state index in [0.29, 0.717) is 28.4 Å². The van der Waals surface area contributed by atoms with Crippen LogP contribution in [-0.4, -0.2) is 37.2 Å². The van der Waals surface area contributed by atoms with E-state index >= 15 is 0 Å². The minimum atomic E-state index is -1.07. The molecule has 1 N–H and O–H groups in total. The highest BCUT2D eigenvalue weighted by molar-refractivity contribution is 6.14. The van der Waals surface area contributed by atoms with Crippen molar-refractivity contribution < 1.29 is 28.9 Å². The van der Waals surface area contributed by atoms with Crippen LogP contribution >= 0.6 is 0 Å².